The van der Waals surface area contributed by atoms with E-state index in [2.05, 4.69) is 0 Å². The lowest BCUT2D eigenvalue weighted by molar-refractivity contribution is -0.151. The van der Waals surface area contributed by atoms with Gasteiger partial charge >= 0.3 is 17.9 Å². The second-order valence-corrected chi connectivity index (χ2v) is 3.20. The summed E-state index contributed by atoms with van der Waals surface area (Å²) in [7, 11) is -0.915. The van der Waals surface area contributed by atoms with Crippen LogP contribution < -0.4 is 0 Å². The van der Waals surface area contributed by atoms with Crippen LogP contribution in [0.25, 0.3) is 0 Å². The first-order valence-electron chi connectivity index (χ1n) is 3.40. The quantitative estimate of drug-likeness (QED) is 0.535. The van der Waals surface area contributed by atoms with Gasteiger partial charge in [-0.3, -0.25) is 18.9 Å². The van der Waals surface area contributed by atoms with Gasteiger partial charge in [-0.15, -0.1) is 0 Å². The standard InChI is InChI=1S/C6H7O7P/c7-3(8)1-2(5(9)10)4(14-13)6(11)12/h2,4H,1H2,(H,7,8)(H,9,10)(H,11,12). The van der Waals surface area contributed by atoms with Gasteiger partial charge in [-0.1, -0.05) is 0 Å². The molecule has 0 amide bonds. The van der Waals surface area contributed by atoms with Crippen LogP contribution in [-0.2, 0) is 18.9 Å². The fraction of sp³-hybridized carbons (Fsp3) is 0.500. The molecule has 0 aromatic rings. The summed E-state index contributed by atoms with van der Waals surface area (Å²) in [5.74, 6) is -6.34. The average Bonchev–Trinajstić information content (AvgIpc) is 2.02. The summed E-state index contributed by atoms with van der Waals surface area (Å²) >= 11 is 0. The number of hydrogen-bond donors (Lipinski definition) is 3. The summed E-state index contributed by atoms with van der Waals surface area (Å²) in [5, 5.41) is 25.2. The number of aliphatic carboxylic acids is 3. The van der Waals surface area contributed by atoms with Gasteiger partial charge in [-0.05, 0) is 0 Å². The zero-order chi connectivity index (χ0) is 11.3. The second kappa shape index (κ2) is 5.29. The Morgan fingerprint density at radius 2 is 1.57 bits per heavy atom. The van der Waals surface area contributed by atoms with Gasteiger partial charge < -0.3 is 15.3 Å². The van der Waals surface area contributed by atoms with E-state index in [0.29, 0.717) is 0 Å². The highest BCUT2D eigenvalue weighted by molar-refractivity contribution is 7.26. The molecule has 0 saturated heterocycles. The third-order valence-electron chi connectivity index (χ3n) is 1.46. The first kappa shape index (κ1) is 12.5. The van der Waals surface area contributed by atoms with E-state index in [1.165, 1.54) is 0 Å². The molecule has 2 unspecified atom stereocenters. The first-order chi connectivity index (χ1) is 6.40. The van der Waals surface area contributed by atoms with Gasteiger partial charge in [-0.2, -0.15) is 0 Å². The van der Waals surface area contributed by atoms with Crippen molar-refractivity contribution in [3.8, 4) is 0 Å². The molecule has 0 rings (SSSR count). The van der Waals surface area contributed by atoms with Gasteiger partial charge in [0.05, 0.1) is 12.3 Å². The van der Waals surface area contributed by atoms with Crippen molar-refractivity contribution in [2.45, 2.75) is 12.1 Å². The maximum atomic E-state index is 10.5. The third kappa shape index (κ3) is 3.49. The summed E-state index contributed by atoms with van der Waals surface area (Å²) in [6.45, 7) is 0. The summed E-state index contributed by atoms with van der Waals surface area (Å²) in [5.41, 5.74) is -1.73. The van der Waals surface area contributed by atoms with E-state index in [0.717, 1.165) is 0 Å². The molecule has 0 heterocycles. The molecule has 8 heteroatoms. The minimum Gasteiger partial charge on any atom is -0.481 e. The number of rotatable bonds is 6. The molecule has 3 N–H and O–H groups in total. The van der Waals surface area contributed by atoms with Crippen LogP contribution >= 0.6 is 8.46 Å². The molecule has 7 nitrogen and oxygen atoms in total. The van der Waals surface area contributed by atoms with Crippen molar-refractivity contribution >= 4 is 26.4 Å². The van der Waals surface area contributed by atoms with Gasteiger partial charge in [0, 0.05) is 0 Å². The van der Waals surface area contributed by atoms with Crippen molar-refractivity contribution in [3.63, 3.8) is 0 Å². The molecular weight excluding hydrogens is 215 g/mol. The zero-order valence-corrected chi connectivity index (χ0v) is 7.68. The Bertz CT molecular complexity index is 273. The maximum Gasteiger partial charge on any atom is 0.319 e. The molecule has 0 aliphatic carbocycles. The summed E-state index contributed by atoms with van der Waals surface area (Å²) in [4.78, 5) is 31.1. The number of carboxylic acid groups (broad SMARTS) is 3. The second-order valence-electron chi connectivity index (χ2n) is 2.43. The number of carbonyl (C=O) groups is 3. The first-order valence-corrected chi connectivity index (χ1v) is 4.28. The van der Waals surface area contributed by atoms with Crippen LogP contribution in [0, 0.1) is 5.92 Å². The molecule has 0 aromatic heterocycles. The molecule has 0 aliphatic rings. The lowest BCUT2D eigenvalue weighted by Gasteiger charge is -2.11. The summed E-state index contributed by atoms with van der Waals surface area (Å²) < 4.78 is 10.3. The van der Waals surface area contributed by atoms with E-state index in [1.807, 2.05) is 0 Å². The smallest absolute Gasteiger partial charge is 0.319 e. The number of carboxylic acids is 3. The number of hydrogen-bond acceptors (Lipinski definition) is 4. The van der Waals surface area contributed by atoms with Crippen LogP contribution in [0.3, 0.4) is 0 Å². The Morgan fingerprint density at radius 1 is 1.07 bits per heavy atom. The lowest BCUT2D eigenvalue weighted by Crippen LogP contribution is -2.32. The molecule has 2 atom stereocenters. The summed E-state index contributed by atoms with van der Waals surface area (Å²) in [6.07, 6.45) is -0.873. The molecule has 78 valence electrons. The Kier molecular flexibility index (Phi) is 4.72. The van der Waals surface area contributed by atoms with Crippen molar-refractivity contribution in [2.75, 3.05) is 0 Å². The van der Waals surface area contributed by atoms with Crippen LogP contribution in [0.2, 0.25) is 0 Å². The Hall–Kier alpha value is -1.49. The molecule has 0 spiro atoms. The van der Waals surface area contributed by atoms with Gasteiger partial charge in [0.1, 0.15) is 0 Å². The largest absolute Gasteiger partial charge is 0.481 e. The molecule has 0 bridgehead atoms. The van der Waals surface area contributed by atoms with Gasteiger partial charge in [0.15, 0.2) is 14.1 Å². The van der Waals surface area contributed by atoms with E-state index >= 15 is 0 Å². The molecule has 0 saturated carbocycles. The van der Waals surface area contributed by atoms with E-state index in [1.54, 1.807) is 0 Å². The zero-order valence-electron chi connectivity index (χ0n) is 6.78. The molecule has 14 heavy (non-hydrogen) atoms. The molecule has 0 aliphatic heterocycles. The highest BCUT2D eigenvalue weighted by atomic mass is 31.1. The van der Waals surface area contributed by atoms with Gasteiger partial charge in [0.2, 0.25) is 0 Å². The van der Waals surface area contributed by atoms with E-state index < -0.39 is 44.4 Å². The Morgan fingerprint density at radius 3 is 1.79 bits per heavy atom. The monoisotopic (exact) mass is 222 g/mol. The van der Waals surface area contributed by atoms with Crippen LogP contribution in [-0.4, -0.2) is 38.9 Å². The molecule has 0 radical (unpaired) electrons. The van der Waals surface area contributed by atoms with Crippen molar-refractivity contribution < 1.29 is 34.3 Å². The highest BCUT2D eigenvalue weighted by Gasteiger charge is 2.36. The normalized spacial score (nSPS) is 14.6. The fourth-order valence-electron chi connectivity index (χ4n) is 0.813. The SMILES string of the molecule is O=PC(C(=O)O)C(CC(=O)O)C(=O)O. The molecular formula is C6H7O7P. The molecule has 0 fully saturated rings. The third-order valence-corrected chi connectivity index (χ3v) is 2.27. The Balaban J connectivity index is 4.78. The van der Waals surface area contributed by atoms with Crippen LogP contribution in [0.5, 0.6) is 0 Å². The van der Waals surface area contributed by atoms with Crippen LogP contribution in [0.1, 0.15) is 6.42 Å². The topological polar surface area (TPSA) is 129 Å². The molecule has 0 aromatic carbocycles. The minimum absolute atomic E-state index is 0.873. The van der Waals surface area contributed by atoms with E-state index in [-0.39, 0.29) is 0 Å². The average molecular weight is 222 g/mol. The minimum atomic E-state index is -1.73. The van der Waals surface area contributed by atoms with Crippen molar-refractivity contribution in [3.05, 3.63) is 0 Å². The van der Waals surface area contributed by atoms with E-state index in [9.17, 15) is 18.9 Å². The summed E-state index contributed by atoms with van der Waals surface area (Å²) in [6, 6.07) is 0. The van der Waals surface area contributed by atoms with Crippen molar-refractivity contribution in [1.29, 1.82) is 0 Å². The predicted molar refractivity (Wildman–Crippen MR) is 42.4 cm³/mol. The fourth-order valence-corrected chi connectivity index (χ4v) is 1.28. The van der Waals surface area contributed by atoms with Crippen LogP contribution in [0.4, 0.5) is 0 Å². The predicted octanol–water partition coefficient (Wildman–Crippen LogP) is -0.0932. The van der Waals surface area contributed by atoms with Crippen molar-refractivity contribution in [2.24, 2.45) is 5.92 Å². The lowest BCUT2D eigenvalue weighted by atomic mass is 10.0. The van der Waals surface area contributed by atoms with Gasteiger partial charge in [0.25, 0.3) is 0 Å². The Labute approximate surface area is 79.6 Å². The van der Waals surface area contributed by atoms with Crippen molar-refractivity contribution in [1.82, 2.24) is 0 Å². The van der Waals surface area contributed by atoms with E-state index in [4.69, 9.17) is 15.3 Å². The van der Waals surface area contributed by atoms with Gasteiger partial charge in [-0.25, -0.2) is 0 Å². The maximum absolute atomic E-state index is 10.5. The highest BCUT2D eigenvalue weighted by Crippen LogP contribution is 2.21. The van der Waals surface area contributed by atoms with Crippen LogP contribution in [0.15, 0.2) is 0 Å².